The monoisotopic (exact) mass is 217 g/mol. The molecule has 2 aromatic rings. The van der Waals surface area contributed by atoms with E-state index in [1.807, 2.05) is 25.2 Å². The van der Waals surface area contributed by atoms with Gasteiger partial charge in [-0.3, -0.25) is 4.98 Å². The van der Waals surface area contributed by atoms with E-state index in [1.165, 1.54) is 0 Å². The van der Waals surface area contributed by atoms with Gasteiger partial charge in [0.2, 0.25) is 5.89 Å². The molecule has 0 saturated heterocycles. The van der Waals surface area contributed by atoms with Crippen LogP contribution in [-0.2, 0) is 6.42 Å². The van der Waals surface area contributed by atoms with Gasteiger partial charge in [0, 0.05) is 6.20 Å². The van der Waals surface area contributed by atoms with E-state index in [0.717, 1.165) is 30.8 Å². The van der Waals surface area contributed by atoms with Gasteiger partial charge in [0.05, 0.1) is 5.69 Å². The molecule has 1 N–H and O–H groups in total. The Kier molecular flexibility index (Phi) is 3.66. The molecule has 84 valence electrons. The molecule has 2 aromatic heterocycles. The van der Waals surface area contributed by atoms with E-state index < -0.39 is 0 Å². The summed E-state index contributed by atoms with van der Waals surface area (Å²) in [6.07, 6.45) is 5.43. The predicted molar refractivity (Wildman–Crippen MR) is 62.0 cm³/mol. The molecule has 16 heavy (non-hydrogen) atoms. The van der Waals surface area contributed by atoms with E-state index >= 15 is 0 Å². The Labute approximate surface area is 94.7 Å². The minimum absolute atomic E-state index is 0.597. The second kappa shape index (κ2) is 5.42. The first-order chi connectivity index (χ1) is 7.90. The van der Waals surface area contributed by atoms with Gasteiger partial charge < -0.3 is 9.73 Å². The number of pyridine rings is 1. The third-order valence-electron chi connectivity index (χ3n) is 2.30. The van der Waals surface area contributed by atoms with Gasteiger partial charge in [0.15, 0.2) is 0 Å². The van der Waals surface area contributed by atoms with Crippen molar-refractivity contribution in [1.82, 2.24) is 15.3 Å². The van der Waals surface area contributed by atoms with Crippen molar-refractivity contribution in [3.8, 4) is 11.6 Å². The third kappa shape index (κ3) is 2.67. The summed E-state index contributed by atoms with van der Waals surface area (Å²) in [7, 11) is 1.95. The molecule has 0 atom stereocenters. The highest BCUT2D eigenvalue weighted by Crippen LogP contribution is 2.15. The summed E-state index contributed by atoms with van der Waals surface area (Å²) in [5.41, 5.74) is 1.76. The molecule has 4 nitrogen and oxygen atoms in total. The lowest BCUT2D eigenvalue weighted by Crippen LogP contribution is -2.08. The van der Waals surface area contributed by atoms with Crippen LogP contribution >= 0.6 is 0 Å². The Balaban J connectivity index is 2.02. The maximum Gasteiger partial charge on any atom is 0.245 e. The molecule has 0 radical (unpaired) electrons. The van der Waals surface area contributed by atoms with E-state index in [-0.39, 0.29) is 0 Å². The number of aromatic nitrogens is 2. The minimum atomic E-state index is 0.597. The normalized spacial score (nSPS) is 10.6. The van der Waals surface area contributed by atoms with Crippen LogP contribution < -0.4 is 5.32 Å². The van der Waals surface area contributed by atoms with Crippen LogP contribution in [-0.4, -0.2) is 23.6 Å². The molecule has 0 unspecified atom stereocenters. The standard InChI is InChI=1S/C12H15N3O/c1-13-7-4-5-10-9-16-12(15-10)11-6-2-3-8-14-11/h2-3,6,8-9,13H,4-5,7H2,1H3. The van der Waals surface area contributed by atoms with Gasteiger partial charge in [-0.25, -0.2) is 4.98 Å². The molecule has 2 heterocycles. The van der Waals surface area contributed by atoms with Crippen molar-refractivity contribution < 1.29 is 4.42 Å². The van der Waals surface area contributed by atoms with Crippen molar-refractivity contribution in [2.24, 2.45) is 0 Å². The number of aryl methyl sites for hydroxylation is 1. The smallest absolute Gasteiger partial charge is 0.245 e. The maximum absolute atomic E-state index is 5.39. The van der Waals surface area contributed by atoms with Crippen molar-refractivity contribution in [1.29, 1.82) is 0 Å². The molecular formula is C12H15N3O. The first kappa shape index (κ1) is 10.8. The quantitative estimate of drug-likeness (QED) is 0.777. The minimum Gasteiger partial charge on any atom is -0.443 e. The largest absolute Gasteiger partial charge is 0.443 e. The Bertz CT molecular complexity index is 425. The fourth-order valence-corrected chi connectivity index (χ4v) is 1.47. The lowest BCUT2D eigenvalue weighted by atomic mass is 10.2. The number of hydrogen-bond acceptors (Lipinski definition) is 4. The Hall–Kier alpha value is -1.68. The van der Waals surface area contributed by atoms with Crippen LogP contribution in [0.1, 0.15) is 12.1 Å². The van der Waals surface area contributed by atoms with Crippen LogP contribution in [0.3, 0.4) is 0 Å². The molecule has 0 amide bonds. The molecule has 0 fully saturated rings. The van der Waals surface area contributed by atoms with Crippen LogP contribution in [0.5, 0.6) is 0 Å². The van der Waals surface area contributed by atoms with Gasteiger partial charge in [-0.05, 0) is 38.6 Å². The molecule has 2 rings (SSSR count). The number of oxazole rings is 1. The first-order valence-corrected chi connectivity index (χ1v) is 5.40. The van der Waals surface area contributed by atoms with Crippen LogP contribution in [0.25, 0.3) is 11.6 Å². The van der Waals surface area contributed by atoms with Gasteiger partial charge in [0.1, 0.15) is 12.0 Å². The molecular weight excluding hydrogens is 202 g/mol. The number of rotatable bonds is 5. The molecule has 0 aromatic carbocycles. The van der Waals surface area contributed by atoms with Gasteiger partial charge in [-0.1, -0.05) is 6.07 Å². The van der Waals surface area contributed by atoms with Crippen LogP contribution in [0.4, 0.5) is 0 Å². The predicted octanol–water partition coefficient (Wildman–Crippen LogP) is 1.89. The Morgan fingerprint density at radius 2 is 2.31 bits per heavy atom. The summed E-state index contributed by atoms with van der Waals surface area (Å²) in [5, 5.41) is 3.11. The van der Waals surface area contributed by atoms with Gasteiger partial charge in [0.25, 0.3) is 0 Å². The van der Waals surface area contributed by atoms with E-state index in [0.29, 0.717) is 5.89 Å². The topological polar surface area (TPSA) is 51.0 Å². The highest BCUT2D eigenvalue weighted by Gasteiger charge is 2.06. The van der Waals surface area contributed by atoms with Crippen molar-refractivity contribution in [2.45, 2.75) is 12.8 Å². The molecule has 4 heteroatoms. The van der Waals surface area contributed by atoms with Gasteiger partial charge in [-0.2, -0.15) is 0 Å². The summed E-state index contributed by atoms with van der Waals surface area (Å²) >= 11 is 0. The summed E-state index contributed by atoms with van der Waals surface area (Å²) < 4.78 is 5.39. The summed E-state index contributed by atoms with van der Waals surface area (Å²) in [5.74, 6) is 0.597. The van der Waals surface area contributed by atoms with E-state index in [1.54, 1.807) is 12.5 Å². The fraction of sp³-hybridized carbons (Fsp3) is 0.333. The van der Waals surface area contributed by atoms with Crippen molar-refractivity contribution in [3.05, 3.63) is 36.4 Å². The Morgan fingerprint density at radius 1 is 1.38 bits per heavy atom. The summed E-state index contributed by atoms with van der Waals surface area (Å²) in [4.78, 5) is 8.59. The Morgan fingerprint density at radius 3 is 3.06 bits per heavy atom. The zero-order chi connectivity index (χ0) is 11.2. The molecule has 0 spiro atoms. The zero-order valence-corrected chi connectivity index (χ0v) is 9.31. The first-order valence-electron chi connectivity index (χ1n) is 5.40. The maximum atomic E-state index is 5.39. The molecule has 0 aliphatic rings. The van der Waals surface area contributed by atoms with E-state index in [4.69, 9.17) is 4.42 Å². The molecule has 0 aliphatic heterocycles. The number of nitrogens with zero attached hydrogens (tertiary/aromatic N) is 2. The number of nitrogens with one attached hydrogen (secondary N) is 1. The average molecular weight is 217 g/mol. The van der Waals surface area contributed by atoms with Crippen LogP contribution in [0.15, 0.2) is 35.1 Å². The summed E-state index contributed by atoms with van der Waals surface area (Å²) in [6.45, 7) is 0.992. The van der Waals surface area contributed by atoms with Gasteiger partial charge >= 0.3 is 0 Å². The third-order valence-corrected chi connectivity index (χ3v) is 2.30. The van der Waals surface area contributed by atoms with Gasteiger partial charge in [-0.15, -0.1) is 0 Å². The zero-order valence-electron chi connectivity index (χ0n) is 9.31. The SMILES string of the molecule is CNCCCc1coc(-c2ccccn2)n1. The van der Waals surface area contributed by atoms with Crippen LogP contribution in [0.2, 0.25) is 0 Å². The average Bonchev–Trinajstić information content (AvgIpc) is 2.79. The van der Waals surface area contributed by atoms with E-state index in [2.05, 4.69) is 15.3 Å². The molecule has 0 saturated carbocycles. The molecule has 0 bridgehead atoms. The lowest BCUT2D eigenvalue weighted by Gasteiger charge is -1.95. The highest BCUT2D eigenvalue weighted by atomic mass is 16.3. The fourth-order valence-electron chi connectivity index (χ4n) is 1.47. The lowest BCUT2D eigenvalue weighted by molar-refractivity contribution is 0.569. The van der Waals surface area contributed by atoms with Crippen molar-refractivity contribution >= 4 is 0 Å². The van der Waals surface area contributed by atoms with E-state index in [9.17, 15) is 0 Å². The summed E-state index contributed by atoms with van der Waals surface area (Å²) in [6, 6.07) is 5.69. The van der Waals surface area contributed by atoms with Crippen LogP contribution in [0, 0.1) is 0 Å². The second-order valence-electron chi connectivity index (χ2n) is 3.57. The molecule has 0 aliphatic carbocycles. The van der Waals surface area contributed by atoms with Crippen molar-refractivity contribution in [3.63, 3.8) is 0 Å². The van der Waals surface area contributed by atoms with Crippen molar-refractivity contribution in [2.75, 3.05) is 13.6 Å². The second-order valence-corrected chi connectivity index (χ2v) is 3.57. The number of hydrogen-bond donors (Lipinski definition) is 1. The highest BCUT2D eigenvalue weighted by molar-refractivity contribution is 5.46.